The number of esters is 3. The largest absolute Gasteiger partial charge is 0.472 e. The number of carbonyl (C=O) groups is 3. The van der Waals surface area contributed by atoms with Crippen LogP contribution in [-0.2, 0) is 55.8 Å². The summed E-state index contributed by atoms with van der Waals surface area (Å²) in [6.45, 7) is 2.41. The second kappa shape index (κ2) is 66.0. The van der Waals surface area contributed by atoms with E-state index >= 15 is 0 Å². The van der Waals surface area contributed by atoms with Crippen LogP contribution in [0.5, 0.6) is 0 Å². The number of phosphoric ester groups is 2. The number of allylic oxidation sites excluding steroid dienone is 20. The Hall–Kier alpha value is -4.05. The summed E-state index contributed by atoms with van der Waals surface area (Å²) in [7, 11) is -9.79. The Morgan fingerprint density at radius 3 is 0.967 bits per heavy atom. The lowest BCUT2D eigenvalue weighted by Gasteiger charge is -2.21. The molecule has 0 bridgehead atoms. The molecule has 4 N–H and O–H groups in total. The molecule has 522 valence electrons. The molecule has 0 saturated heterocycles. The summed E-state index contributed by atoms with van der Waals surface area (Å²) in [6.07, 6.45) is 75.4. The molecule has 0 aromatic rings. The fourth-order valence-corrected chi connectivity index (χ4v) is 10.4. The van der Waals surface area contributed by atoms with E-state index in [9.17, 15) is 43.5 Å². The number of hydrogen-bond donors (Lipinski definition) is 4. The molecule has 0 amide bonds. The maximum Gasteiger partial charge on any atom is 0.472 e. The molecule has 0 rings (SSSR count). The van der Waals surface area contributed by atoms with E-state index in [0.717, 1.165) is 167 Å². The van der Waals surface area contributed by atoms with Crippen LogP contribution in [0, 0.1) is 0 Å². The molecule has 0 aliphatic heterocycles. The highest BCUT2D eigenvalue weighted by molar-refractivity contribution is 7.47. The van der Waals surface area contributed by atoms with Crippen molar-refractivity contribution in [3.05, 3.63) is 122 Å². The molecular weight excluding hydrogens is 1190 g/mol. The molecule has 0 aliphatic carbocycles. The second-order valence-corrected chi connectivity index (χ2v) is 25.8. The topological polar surface area (TPSA) is 231 Å². The van der Waals surface area contributed by atoms with E-state index in [4.69, 9.17) is 32.3 Å². The summed E-state index contributed by atoms with van der Waals surface area (Å²) in [6, 6.07) is 0. The highest BCUT2D eigenvalue weighted by Gasteiger charge is 2.29. The van der Waals surface area contributed by atoms with Crippen molar-refractivity contribution in [2.45, 2.75) is 283 Å². The Morgan fingerprint density at radius 1 is 0.319 bits per heavy atom. The first kappa shape index (κ1) is 87.0. The number of unbranched alkanes of at least 4 members (excludes halogenated alkanes) is 22. The van der Waals surface area contributed by atoms with Crippen LogP contribution in [0.25, 0.3) is 0 Å². The molecule has 0 aromatic heterocycles. The van der Waals surface area contributed by atoms with Gasteiger partial charge in [-0.1, -0.05) is 239 Å². The lowest BCUT2D eigenvalue weighted by molar-refractivity contribution is -0.161. The molecule has 0 aliphatic rings. The van der Waals surface area contributed by atoms with Crippen molar-refractivity contribution in [2.75, 3.05) is 39.6 Å². The third-order valence-corrected chi connectivity index (χ3v) is 16.0. The summed E-state index contributed by atoms with van der Waals surface area (Å²) in [5.74, 6) is -1.62. The van der Waals surface area contributed by atoms with Crippen molar-refractivity contribution in [3.8, 4) is 0 Å². The third kappa shape index (κ3) is 67.2. The number of hydrogen-bond acceptors (Lipinski definition) is 14. The van der Waals surface area contributed by atoms with Gasteiger partial charge >= 0.3 is 33.6 Å². The van der Waals surface area contributed by atoms with E-state index in [1.165, 1.54) is 38.5 Å². The van der Waals surface area contributed by atoms with Gasteiger partial charge in [-0.15, -0.1) is 0 Å². The number of rotatable bonds is 65. The van der Waals surface area contributed by atoms with Crippen LogP contribution in [0.15, 0.2) is 122 Å². The average Bonchev–Trinajstić information content (AvgIpc) is 3.70. The van der Waals surface area contributed by atoms with Crippen LogP contribution in [-0.4, -0.2) is 95.9 Å². The molecule has 0 fully saturated rings. The van der Waals surface area contributed by atoms with Gasteiger partial charge in [-0.05, 0) is 128 Å². The first-order chi connectivity index (χ1) is 44.2. The highest BCUT2D eigenvalue weighted by Crippen LogP contribution is 2.45. The highest BCUT2D eigenvalue weighted by atomic mass is 31.2. The van der Waals surface area contributed by atoms with Crippen LogP contribution < -0.4 is 0 Å². The molecule has 0 spiro atoms. The van der Waals surface area contributed by atoms with E-state index in [2.05, 4.69) is 142 Å². The Kier molecular flexibility index (Phi) is 63.1. The van der Waals surface area contributed by atoms with Crippen LogP contribution in [0.1, 0.15) is 265 Å². The Labute approximate surface area is 551 Å². The van der Waals surface area contributed by atoms with Crippen molar-refractivity contribution in [3.63, 3.8) is 0 Å². The van der Waals surface area contributed by atoms with Gasteiger partial charge in [0, 0.05) is 19.3 Å². The predicted molar refractivity (Wildman–Crippen MR) is 371 cm³/mol. The maximum atomic E-state index is 12.9. The molecule has 5 unspecified atom stereocenters. The summed E-state index contributed by atoms with van der Waals surface area (Å²) in [4.78, 5) is 58.3. The monoisotopic (exact) mass is 1320 g/mol. The standard InChI is InChI=1S/C73H124O16P2/c1-4-7-10-13-16-19-22-25-27-28-29-30-31-32-33-34-35-36-37-38-40-43-44-47-50-53-56-59-71(76)83-62-68(74)63-85-90(79,80)86-64-69(75)65-87-91(81,82)88-67-70(89-73(78)61-58-55-52-49-46-41-24-21-18-15-12-9-6-3)66-84-72(77)60-57-54-51-48-45-42-39-26-23-20-17-14-11-8-5-2/h7,10,12,15-17,19-21,24-27,29-30,32-33,35-36,39,68-70,74-75H,4-6,8-9,11,13-14,18,22-23,28,31,34,37-38,40-67H2,1-3H3,(H,79,80)(H,81,82)/b10-7-,15-12-,19-16-,20-17-,24-21-,27-25-,30-29-,33-32-,36-35-,39-26-. The normalized spacial score (nSPS) is 14.9. The van der Waals surface area contributed by atoms with E-state index in [1.807, 2.05) is 0 Å². The summed E-state index contributed by atoms with van der Waals surface area (Å²) in [5.41, 5.74) is 0. The van der Waals surface area contributed by atoms with Gasteiger partial charge in [0.25, 0.3) is 0 Å². The van der Waals surface area contributed by atoms with Gasteiger partial charge in [0.15, 0.2) is 6.10 Å². The second-order valence-electron chi connectivity index (χ2n) is 22.9. The van der Waals surface area contributed by atoms with Gasteiger partial charge in [-0.2, -0.15) is 0 Å². The fraction of sp³-hybridized carbons (Fsp3) is 0.685. The first-order valence-electron chi connectivity index (χ1n) is 34.8. The van der Waals surface area contributed by atoms with Crippen molar-refractivity contribution >= 4 is 33.6 Å². The molecule has 16 nitrogen and oxygen atoms in total. The van der Waals surface area contributed by atoms with E-state index in [0.29, 0.717) is 19.3 Å². The van der Waals surface area contributed by atoms with Gasteiger partial charge in [0.1, 0.15) is 25.4 Å². The Balaban J connectivity index is 4.53. The Morgan fingerprint density at radius 2 is 0.604 bits per heavy atom. The number of phosphoric acid groups is 2. The maximum absolute atomic E-state index is 12.9. The zero-order valence-corrected chi connectivity index (χ0v) is 58.3. The van der Waals surface area contributed by atoms with Crippen molar-refractivity contribution < 1.29 is 75.8 Å². The molecule has 0 heterocycles. The van der Waals surface area contributed by atoms with Crippen LogP contribution in [0.3, 0.4) is 0 Å². The zero-order chi connectivity index (χ0) is 66.7. The fourth-order valence-electron chi connectivity index (χ4n) is 8.82. The van der Waals surface area contributed by atoms with Crippen molar-refractivity contribution in [1.82, 2.24) is 0 Å². The average molecular weight is 1320 g/mol. The van der Waals surface area contributed by atoms with Crippen LogP contribution >= 0.6 is 15.6 Å². The summed E-state index contributed by atoms with van der Waals surface area (Å²) < 4.78 is 60.8. The van der Waals surface area contributed by atoms with Gasteiger partial charge < -0.3 is 34.2 Å². The molecule has 0 aromatic carbocycles. The molecular formula is C73H124O16P2. The Bertz CT molecular complexity index is 2140. The first-order valence-corrected chi connectivity index (χ1v) is 37.8. The summed E-state index contributed by atoms with van der Waals surface area (Å²) in [5, 5.41) is 20.6. The number of ether oxygens (including phenoxy) is 3. The lowest BCUT2D eigenvalue weighted by atomic mass is 10.1. The van der Waals surface area contributed by atoms with Gasteiger partial charge in [-0.3, -0.25) is 32.5 Å². The minimum absolute atomic E-state index is 0.0834. The third-order valence-electron chi connectivity index (χ3n) is 14.1. The van der Waals surface area contributed by atoms with E-state index in [1.54, 1.807) is 0 Å². The lowest BCUT2D eigenvalue weighted by Crippen LogP contribution is -2.30. The smallest absolute Gasteiger partial charge is 0.463 e. The van der Waals surface area contributed by atoms with E-state index < -0.39 is 91.5 Å². The van der Waals surface area contributed by atoms with Gasteiger partial charge in [-0.25, -0.2) is 9.13 Å². The van der Waals surface area contributed by atoms with Crippen molar-refractivity contribution in [1.29, 1.82) is 0 Å². The SMILES string of the molecule is CC/C=C\C/C=C\C/C=C\C/C=C\C/C=C\C/C=C\CCCCCCCCCCC(=O)OCC(O)COP(=O)(O)OCC(O)COP(=O)(O)OCC(COC(=O)CCCCCCC/C=C\C/C=C\CCCCC)OC(=O)CCCCCCC/C=C\C/C=C\CCC. The predicted octanol–water partition coefficient (Wildman–Crippen LogP) is 19.4. The molecule has 91 heavy (non-hydrogen) atoms. The molecule has 0 radical (unpaired) electrons. The van der Waals surface area contributed by atoms with Gasteiger partial charge in [0.05, 0.1) is 26.4 Å². The van der Waals surface area contributed by atoms with Crippen molar-refractivity contribution in [2.24, 2.45) is 0 Å². The molecule has 5 atom stereocenters. The number of aliphatic hydroxyl groups excluding tert-OH is 2. The van der Waals surface area contributed by atoms with Crippen LogP contribution in [0.4, 0.5) is 0 Å². The number of aliphatic hydroxyl groups is 2. The molecule has 0 saturated carbocycles. The quantitative estimate of drug-likeness (QED) is 0.0146. The van der Waals surface area contributed by atoms with Crippen LogP contribution in [0.2, 0.25) is 0 Å². The summed E-state index contributed by atoms with van der Waals surface area (Å²) >= 11 is 0. The van der Waals surface area contributed by atoms with E-state index in [-0.39, 0.29) is 19.3 Å². The number of carbonyl (C=O) groups excluding carboxylic acids is 3. The van der Waals surface area contributed by atoms with Gasteiger partial charge in [0.2, 0.25) is 0 Å². The minimum atomic E-state index is -4.93. The minimum Gasteiger partial charge on any atom is -0.463 e. The molecule has 18 heteroatoms. The zero-order valence-electron chi connectivity index (χ0n) is 56.5.